The fraction of sp³-hybridized carbons (Fsp3) is 0.222. The lowest BCUT2D eigenvalue weighted by atomic mass is 10.1. The number of likely N-dealkylation sites (N-methyl/N-ethyl adjacent to an activating group) is 1. The Kier molecular flexibility index (Phi) is 5.18. The van der Waals surface area contributed by atoms with Gasteiger partial charge in [0.05, 0.1) is 11.7 Å². The molecule has 1 unspecified atom stereocenters. The number of aromatic amines is 1. The van der Waals surface area contributed by atoms with Crippen molar-refractivity contribution in [3.63, 3.8) is 0 Å². The monoisotopic (exact) mass is 371 g/mol. The molecule has 3 rings (SSSR count). The minimum atomic E-state index is -0.722. The summed E-state index contributed by atoms with van der Waals surface area (Å²) in [7, 11) is 3.30. The van der Waals surface area contributed by atoms with Gasteiger partial charge in [-0.15, -0.1) is 0 Å². The van der Waals surface area contributed by atoms with Crippen LogP contribution in [0.5, 0.6) is 0 Å². The summed E-state index contributed by atoms with van der Waals surface area (Å²) in [6.45, 7) is 0. The van der Waals surface area contributed by atoms with Gasteiger partial charge in [-0.05, 0) is 24.3 Å². The van der Waals surface area contributed by atoms with Crippen molar-refractivity contribution in [1.82, 2.24) is 25.2 Å². The molecule has 0 aliphatic carbocycles. The maximum Gasteiger partial charge on any atom is 0.268 e. The van der Waals surface area contributed by atoms with Crippen LogP contribution >= 0.6 is 11.6 Å². The molecule has 0 saturated carbocycles. The van der Waals surface area contributed by atoms with Gasteiger partial charge in [0.25, 0.3) is 5.91 Å². The summed E-state index contributed by atoms with van der Waals surface area (Å²) in [5, 5.41) is 3.90. The molecular weight excluding hydrogens is 354 g/mol. The molecule has 7 nitrogen and oxygen atoms in total. The molecule has 0 fully saturated rings. The molecule has 0 aliphatic rings. The van der Waals surface area contributed by atoms with Gasteiger partial charge >= 0.3 is 0 Å². The van der Waals surface area contributed by atoms with Crippen LogP contribution in [0.15, 0.2) is 42.7 Å². The van der Waals surface area contributed by atoms with Gasteiger partial charge in [0.2, 0.25) is 5.91 Å². The van der Waals surface area contributed by atoms with Gasteiger partial charge in [-0.2, -0.15) is 0 Å². The van der Waals surface area contributed by atoms with Gasteiger partial charge in [0.1, 0.15) is 16.9 Å². The van der Waals surface area contributed by atoms with Gasteiger partial charge in [-0.3, -0.25) is 14.6 Å². The number of aromatic nitrogens is 3. The average Bonchev–Trinajstić information content (AvgIpc) is 3.04. The summed E-state index contributed by atoms with van der Waals surface area (Å²) < 4.78 is 0. The Hall–Kier alpha value is -2.93. The lowest BCUT2D eigenvalue weighted by Crippen LogP contribution is -2.47. The number of halogens is 1. The number of amides is 2. The van der Waals surface area contributed by atoms with E-state index in [0.717, 1.165) is 11.1 Å². The fourth-order valence-electron chi connectivity index (χ4n) is 2.60. The Morgan fingerprint density at radius 2 is 2.08 bits per heavy atom. The van der Waals surface area contributed by atoms with E-state index in [1.165, 1.54) is 4.90 Å². The van der Waals surface area contributed by atoms with E-state index in [1.54, 1.807) is 44.7 Å². The summed E-state index contributed by atoms with van der Waals surface area (Å²) in [5.74, 6) is -0.585. The average molecular weight is 372 g/mol. The molecule has 0 radical (unpaired) electrons. The van der Waals surface area contributed by atoms with Crippen LogP contribution in [-0.2, 0) is 11.2 Å². The maximum atomic E-state index is 12.6. The molecule has 2 N–H and O–H groups in total. The molecule has 0 aliphatic heterocycles. The number of hydrogen-bond acceptors (Lipinski definition) is 4. The number of nitrogens with zero attached hydrogens (tertiary/aromatic N) is 3. The Morgan fingerprint density at radius 1 is 1.27 bits per heavy atom. The van der Waals surface area contributed by atoms with Crippen LogP contribution in [0.4, 0.5) is 0 Å². The highest BCUT2D eigenvalue weighted by atomic mass is 35.5. The maximum absolute atomic E-state index is 12.6. The number of carbonyl (C=O) groups excluding carboxylic acids is 2. The minimum absolute atomic E-state index is 0.204. The van der Waals surface area contributed by atoms with Gasteiger partial charge in [-0.25, -0.2) is 4.98 Å². The molecular formula is C18H18ClN5O2. The first-order valence-electron chi connectivity index (χ1n) is 8.00. The molecule has 3 aromatic rings. The highest BCUT2D eigenvalue weighted by Gasteiger charge is 2.24. The molecule has 3 aromatic heterocycles. The van der Waals surface area contributed by atoms with Crippen LogP contribution in [0.25, 0.3) is 10.9 Å². The number of carbonyl (C=O) groups is 2. The van der Waals surface area contributed by atoms with E-state index >= 15 is 0 Å². The summed E-state index contributed by atoms with van der Waals surface area (Å²) >= 11 is 5.88. The lowest BCUT2D eigenvalue weighted by molar-refractivity contribution is -0.130. The van der Waals surface area contributed by atoms with Crippen molar-refractivity contribution in [3.8, 4) is 0 Å². The van der Waals surface area contributed by atoms with Crippen molar-refractivity contribution in [2.45, 2.75) is 12.5 Å². The van der Waals surface area contributed by atoms with Crippen molar-refractivity contribution in [3.05, 3.63) is 59.3 Å². The summed E-state index contributed by atoms with van der Waals surface area (Å²) in [4.78, 5) is 37.8. The zero-order valence-corrected chi connectivity index (χ0v) is 15.1. The number of pyridine rings is 2. The third kappa shape index (κ3) is 4.00. The normalized spacial score (nSPS) is 12.0. The van der Waals surface area contributed by atoms with Crippen LogP contribution in [-0.4, -0.2) is 51.8 Å². The predicted octanol–water partition coefficient (Wildman–Crippen LogP) is 2.04. The Bertz CT molecular complexity index is 939. The first-order chi connectivity index (χ1) is 12.4. The molecule has 0 spiro atoms. The molecule has 2 amide bonds. The molecule has 0 aromatic carbocycles. The molecule has 8 heteroatoms. The first kappa shape index (κ1) is 17.9. The number of nitrogens with one attached hydrogen (secondary N) is 2. The van der Waals surface area contributed by atoms with Gasteiger partial charge in [-0.1, -0.05) is 17.7 Å². The minimum Gasteiger partial charge on any atom is -0.349 e. The highest BCUT2D eigenvalue weighted by Crippen LogP contribution is 2.18. The predicted molar refractivity (Wildman–Crippen MR) is 99.0 cm³/mol. The largest absolute Gasteiger partial charge is 0.349 e. The lowest BCUT2D eigenvalue weighted by Gasteiger charge is -2.21. The highest BCUT2D eigenvalue weighted by molar-refractivity contribution is 6.30. The second kappa shape index (κ2) is 7.53. The molecule has 134 valence electrons. The van der Waals surface area contributed by atoms with E-state index < -0.39 is 6.04 Å². The number of fused-ring (bicyclic) bond motifs is 1. The Balaban J connectivity index is 1.82. The zero-order chi connectivity index (χ0) is 18.7. The molecule has 3 heterocycles. The van der Waals surface area contributed by atoms with Crippen molar-refractivity contribution < 1.29 is 9.59 Å². The standard InChI is InChI=1S/C18H18ClN5O2/c1-24(2)18(26)14(9-12-5-3-4-6-20-12)23-17(25)13-7-11-8-16(19)21-10-15(11)22-13/h3-8,10,14,22H,9H2,1-2H3,(H,23,25). The van der Waals surface area contributed by atoms with Crippen LogP contribution in [0.2, 0.25) is 5.15 Å². The van der Waals surface area contributed by atoms with E-state index in [1.807, 2.05) is 12.1 Å². The number of rotatable bonds is 5. The Labute approximate surface area is 155 Å². The molecule has 0 saturated heterocycles. The van der Waals surface area contributed by atoms with E-state index in [0.29, 0.717) is 22.8 Å². The fourth-order valence-corrected chi connectivity index (χ4v) is 2.77. The smallest absolute Gasteiger partial charge is 0.268 e. The van der Waals surface area contributed by atoms with Crippen LogP contribution in [0.3, 0.4) is 0 Å². The van der Waals surface area contributed by atoms with Crippen molar-refractivity contribution in [1.29, 1.82) is 0 Å². The Morgan fingerprint density at radius 3 is 2.77 bits per heavy atom. The second-order valence-corrected chi connectivity index (χ2v) is 6.45. The van der Waals surface area contributed by atoms with Gasteiger partial charge in [0, 0.05) is 37.8 Å². The van der Waals surface area contributed by atoms with E-state index in [4.69, 9.17) is 11.6 Å². The SMILES string of the molecule is CN(C)C(=O)C(Cc1ccccn1)NC(=O)c1cc2cc(Cl)ncc2[nH]1. The number of H-pyrrole nitrogens is 1. The van der Waals surface area contributed by atoms with E-state index in [-0.39, 0.29) is 11.8 Å². The van der Waals surface area contributed by atoms with E-state index in [2.05, 4.69) is 20.3 Å². The summed E-state index contributed by atoms with van der Waals surface area (Å²) in [6, 6.07) is 8.08. The van der Waals surface area contributed by atoms with Crippen molar-refractivity contribution >= 4 is 34.3 Å². The summed E-state index contributed by atoms with van der Waals surface area (Å²) in [5.41, 5.74) is 1.75. The molecule has 0 bridgehead atoms. The number of hydrogen-bond donors (Lipinski definition) is 2. The zero-order valence-electron chi connectivity index (χ0n) is 14.4. The topological polar surface area (TPSA) is 91.0 Å². The first-order valence-corrected chi connectivity index (χ1v) is 8.38. The van der Waals surface area contributed by atoms with Crippen LogP contribution in [0.1, 0.15) is 16.2 Å². The third-order valence-electron chi connectivity index (χ3n) is 3.90. The quantitative estimate of drug-likeness (QED) is 0.671. The molecule has 1 atom stereocenters. The van der Waals surface area contributed by atoms with E-state index in [9.17, 15) is 9.59 Å². The summed E-state index contributed by atoms with van der Waals surface area (Å²) in [6.07, 6.45) is 3.52. The van der Waals surface area contributed by atoms with Crippen molar-refractivity contribution in [2.24, 2.45) is 0 Å². The second-order valence-electron chi connectivity index (χ2n) is 6.06. The van der Waals surface area contributed by atoms with Crippen LogP contribution < -0.4 is 5.32 Å². The van der Waals surface area contributed by atoms with Crippen molar-refractivity contribution in [2.75, 3.05) is 14.1 Å². The third-order valence-corrected chi connectivity index (χ3v) is 4.11. The van der Waals surface area contributed by atoms with Gasteiger partial charge in [0.15, 0.2) is 0 Å². The molecule has 26 heavy (non-hydrogen) atoms. The van der Waals surface area contributed by atoms with Crippen LogP contribution in [0, 0.1) is 0 Å². The van der Waals surface area contributed by atoms with Gasteiger partial charge < -0.3 is 15.2 Å².